The minimum absolute atomic E-state index is 0.103. The van der Waals surface area contributed by atoms with Crippen LogP contribution < -0.4 is 0 Å². The van der Waals surface area contributed by atoms with Gasteiger partial charge in [0.2, 0.25) is 5.75 Å². The Morgan fingerprint density at radius 2 is 1.92 bits per heavy atom. The number of aromatic amines is 1. The smallest absolute Gasteiger partial charge is 0.433 e. The summed E-state index contributed by atoms with van der Waals surface area (Å²) in [4.78, 5) is 13.2. The largest absolute Gasteiger partial charge is 0.616 e. The number of benzene rings is 1. The summed E-state index contributed by atoms with van der Waals surface area (Å²) in [7, 11) is 0. The minimum Gasteiger partial charge on any atom is -0.616 e. The maximum atomic E-state index is 12.3. The Morgan fingerprint density at radius 3 is 2.46 bits per heavy atom. The Morgan fingerprint density at radius 1 is 1.29 bits per heavy atom. The number of aromatic nitrogens is 1. The number of H-pyrrole nitrogens is 1. The number of aliphatic hydroxyl groups is 1. The van der Waals surface area contributed by atoms with Crippen molar-refractivity contribution in [2.75, 3.05) is 11.5 Å². The van der Waals surface area contributed by atoms with Gasteiger partial charge in [0, 0.05) is 22.5 Å². The number of fused-ring (bicyclic) bond motifs is 1. The topological polar surface area (TPSA) is 102 Å². The number of aryl methyl sites for hydroxylation is 1. The van der Waals surface area contributed by atoms with Gasteiger partial charge >= 0.3 is 6.18 Å². The van der Waals surface area contributed by atoms with E-state index in [-0.39, 0.29) is 11.4 Å². The number of hydrogen-bond acceptors (Lipinski definition) is 4. The van der Waals surface area contributed by atoms with Gasteiger partial charge in [-0.3, -0.25) is 10.1 Å². The number of rotatable bonds is 5. The molecule has 0 aliphatic heterocycles. The SMILES string of the molecule is Cc1cc2[nH]c(C(C)(O)C[S+]([O-])CC(F)(F)F)cc2cc1[N+](=O)[O-]. The van der Waals surface area contributed by atoms with Crippen LogP contribution >= 0.6 is 0 Å². The number of nitro benzene ring substituents is 1. The summed E-state index contributed by atoms with van der Waals surface area (Å²) >= 11 is -2.30. The summed E-state index contributed by atoms with van der Waals surface area (Å²) in [5, 5.41) is 21.8. The maximum Gasteiger partial charge on any atom is 0.433 e. The van der Waals surface area contributed by atoms with Gasteiger partial charge in [0.15, 0.2) is 0 Å². The molecule has 2 aromatic rings. The van der Waals surface area contributed by atoms with Crippen LogP contribution in [-0.4, -0.2) is 37.2 Å². The number of nitro groups is 1. The lowest BCUT2D eigenvalue weighted by atomic mass is 10.1. The van der Waals surface area contributed by atoms with E-state index in [9.17, 15) is 32.9 Å². The van der Waals surface area contributed by atoms with E-state index in [4.69, 9.17) is 0 Å². The second-order valence-corrected chi connectivity index (χ2v) is 7.24. The fourth-order valence-electron chi connectivity index (χ4n) is 2.39. The third-order valence-electron chi connectivity index (χ3n) is 3.48. The zero-order valence-corrected chi connectivity index (χ0v) is 13.6. The molecule has 1 aromatic carbocycles. The molecule has 2 N–H and O–H groups in total. The predicted molar refractivity (Wildman–Crippen MR) is 83.2 cm³/mol. The Bertz CT molecular complexity index is 773. The molecule has 0 bridgehead atoms. The molecule has 0 saturated carbocycles. The Balaban J connectivity index is 2.32. The van der Waals surface area contributed by atoms with E-state index in [1.54, 1.807) is 6.92 Å². The van der Waals surface area contributed by atoms with Crippen molar-refractivity contribution in [3.63, 3.8) is 0 Å². The van der Waals surface area contributed by atoms with Gasteiger partial charge in [-0.2, -0.15) is 13.2 Å². The molecule has 0 fully saturated rings. The molecule has 0 saturated heterocycles. The van der Waals surface area contributed by atoms with Crippen LogP contribution in [0.5, 0.6) is 0 Å². The molecule has 1 heterocycles. The van der Waals surface area contributed by atoms with Crippen LogP contribution in [0, 0.1) is 17.0 Å². The lowest BCUT2D eigenvalue weighted by molar-refractivity contribution is -0.385. The van der Waals surface area contributed by atoms with Gasteiger partial charge in [0.1, 0.15) is 11.4 Å². The molecule has 0 radical (unpaired) electrons. The average molecular weight is 364 g/mol. The predicted octanol–water partition coefficient (Wildman–Crippen LogP) is 2.90. The van der Waals surface area contributed by atoms with Crippen LogP contribution in [0.3, 0.4) is 0 Å². The molecular weight excluding hydrogens is 349 g/mol. The van der Waals surface area contributed by atoms with Crippen molar-refractivity contribution in [2.45, 2.75) is 25.6 Å². The fourth-order valence-corrected chi connectivity index (χ4v) is 3.64. The first-order chi connectivity index (χ1) is 10.9. The zero-order valence-electron chi connectivity index (χ0n) is 12.8. The van der Waals surface area contributed by atoms with E-state index in [0.29, 0.717) is 16.5 Å². The van der Waals surface area contributed by atoms with Crippen LogP contribution in [-0.2, 0) is 16.8 Å². The molecule has 6 nitrogen and oxygen atoms in total. The van der Waals surface area contributed by atoms with Crippen molar-refractivity contribution in [3.8, 4) is 0 Å². The first-order valence-corrected chi connectivity index (χ1v) is 8.30. The molecule has 0 aliphatic carbocycles. The Hall–Kier alpha value is -1.78. The van der Waals surface area contributed by atoms with Crippen LogP contribution in [0.2, 0.25) is 0 Å². The molecule has 24 heavy (non-hydrogen) atoms. The lowest BCUT2D eigenvalue weighted by Crippen LogP contribution is -2.36. The average Bonchev–Trinajstić information content (AvgIpc) is 2.77. The van der Waals surface area contributed by atoms with E-state index in [2.05, 4.69) is 4.98 Å². The number of halogens is 3. The number of hydrogen-bond donors (Lipinski definition) is 2. The van der Waals surface area contributed by atoms with Crippen molar-refractivity contribution in [1.29, 1.82) is 0 Å². The molecule has 0 amide bonds. The van der Waals surface area contributed by atoms with Crippen molar-refractivity contribution < 1.29 is 27.8 Å². The third kappa shape index (κ3) is 4.19. The Labute approximate surface area is 138 Å². The van der Waals surface area contributed by atoms with Crippen molar-refractivity contribution in [1.82, 2.24) is 4.98 Å². The molecule has 132 valence electrons. The van der Waals surface area contributed by atoms with E-state index in [1.165, 1.54) is 25.1 Å². The molecule has 2 atom stereocenters. The van der Waals surface area contributed by atoms with Gasteiger partial charge in [-0.1, -0.05) is 0 Å². The van der Waals surface area contributed by atoms with E-state index < -0.39 is 39.4 Å². The molecule has 2 unspecified atom stereocenters. The second kappa shape index (κ2) is 6.26. The summed E-state index contributed by atoms with van der Waals surface area (Å²) in [6.45, 7) is 2.79. The highest BCUT2D eigenvalue weighted by molar-refractivity contribution is 7.91. The van der Waals surface area contributed by atoms with Gasteiger partial charge in [0.05, 0.1) is 10.6 Å². The van der Waals surface area contributed by atoms with Crippen LogP contribution in [0.25, 0.3) is 10.9 Å². The minimum atomic E-state index is -4.58. The van der Waals surface area contributed by atoms with Gasteiger partial charge < -0.3 is 14.6 Å². The first kappa shape index (κ1) is 18.6. The normalized spacial score (nSPS) is 16.1. The molecule has 2 rings (SSSR count). The summed E-state index contributed by atoms with van der Waals surface area (Å²) in [6.07, 6.45) is -4.58. The zero-order chi connectivity index (χ0) is 18.3. The van der Waals surface area contributed by atoms with Crippen molar-refractivity contribution in [3.05, 3.63) is 39.6 Å². The molecule has 1 aromatic heterocycles. The lowest BCUT2D eigenvalue weighted by Gasteiger charge is -2.24. The van der Waals surface area contributed by atoms with Crippen molar-refractivity contribution >= 4 is 27.8 Å². The van der Waals surface area contributed by atoms with E-state index in [0.717, 1.165) is 0 Å². The highest BCUT2D eigenvalue weighted by Crippen LogP contribution is 2.31. The van der Waals surface area contributed by atoms with Crippen LogP contribution in [0.1, 0.15) is 18.2 Å². The number of nitrogens with one attached hydrogen (secondary N) is 1. The highest BCUT2D eigenvalue weighted by Gasteiger charge is 2.39. The Kier molecular flexibility index (Phi) is 4.84. The molecule has 0 aliphatic rings. The fraction of sp³-hybridized carbons (Fsp3) is 0.429. The van der Waals surface area contributed by atoms with Gasteiger partial charge in [-0.15, -0.1) is 0 Å². The number of alkyl halides is 3. The van der Waals surface area contributed by atoms with Gasteiger partial charge in [-0.25, -0.2) is 0 Å². The summed E-state index contributed by atoms with van der Waals surface area (Å²) in [5.74, 6) is -2.12. The maximum absolute atomic E-state index is 12.3. The number of nitrogens with zero attached hydrogens (tertiary/aromatic N) is 1. The monoisotopic (exact) mass is 364 g/mol. The molecule has 0 spiro atoms. The second-order valence-electron chi connectivity index (χ2n) is 5.78. The quantitative estimate of drug-likeness (QED) is 0.484. The molecular formula is C14H15F3N2O4S. The highest BCUT2D eigenvalue weighted by atomic mass is 32.2. The van der Waals surface area contributed by atoms with Gasteiger partial charge in [0.25, 0.3) is 5.69 Å². The van der Waals surface area contributed by atoms with Crippen LogP contribution in [0.15, 0.2) is 18.2 Å². The summed E-state index contributed by atoms with van der Waals surface area (Å²) < 4.78 is 48.4. The molecule has 10 heteroatoms. The standard InChI is InChI=1S/C14H15F3N2O4S/c1-8-3-10-9(4-11(8)19(21)22)5-12(18-10)13(2,20)6-24(23)7-14(15,16)17/h3-5,18,20H,6-7H2,1-2H3. The van der Waals surface area contributed by atoms with E-state index >= 15 is 0 Å². The van der Waals surface area contributed by atoms with Gasteiger partial charge in [-0.05, 0) is 37.2 Å². The van der Waals surface area contributed by atoms with Crippen LogP contribution in [0.4, 0.5) is 18.9 Å². The van der Waals surface area contributed by atoms with E-state index in [1.807, 2.05) is 0 Å². The summed E-state index contributed by atoms with van der Waals surface area (Å²) in [5.41, 5.74) is -0.852. The first-order valence-electron chi connectivity index (χ1n) is 6.81. The third-order valence-corrected chi connectivity index (χ3v) is 5.01. The summed E-state index contributed by atoms with van der Waals surface area (Å²) in [6, 6.07) is 4.24. The van der Waals surface area contributed by atoms with Crippen molar-refractivity contribution in [2.24, 2.45) is 0 Å².